The number of carbonyl (C=O) groups is 1. The average Bonchev–Trinajstić information content (AvgIpc) is 3.46. The third-order valence-corrected chi connectivity index (χ3v) is 5.29. The van der Waals surface area contributed by atoms with Gasteiger partial charge in [0.05, 0.1) is 17.2 Å². The molecular formula is C19H14FN3O5S. The molecule has 0 radical (unpaired) electrons. The number of thiophene rings is 1. The normalized spacial score (nSPS) is 16.0. The highest BCUT2D eigenvalue weighted by molar-refractivity contribution is 7.10. The van der Waals surface area contributed by atoms with Gasteiger partial charge >= 0.3 is 5.69 Å². The number of nitrogens with zero attached hydrogens (tertiary/aromatic N) is 3. The van der Waals surface area contributed by atoms with Crippen molar-refractivity contribution in [2.75, 3.05) is 6.61 Å². The van der Waals surface area contributed by atoms with E-state index in [0.29, 0.717) is 17.9 Å². The minimum Gasteiger partial charge on any atom is -0.477 e. The molecule has 1 amide bonds. The van der Waals surface area contributed by atoms with Gasteiger partial charge in [0.15, 0.2) is 6.61 Å². The summed E-state index contributed by atoms with van der Waals surface area (Å²) in [6, 6.07) is 9.75. The average molecular weight is 415 g/mol. The van der Waals surface area contributed by atoms with Crippen molar-refractivity contribution in [1.29, 1.82) is 0 Å². The third-order valence-electron chi connectivity index (χ3n) is 4.31. The number of rotatable bonds is 6. The van der Waals surface area contributed by atoms with E-state index >= 15 is 0 Å². The maximum absolute atomic E-state index is 13.5. The predicted molar refractivity (Wildman–Crippen MR) is 102 cm³/mol. The number of hydrogen-bond donors (Lipinski definition) is 0. The van der Waals surface area contributed by atoms with Gasteiger partial charge in [-0.05, 0) is 29.6 Å². The zero-order valence-corrected chi connectivity index (χ0v) is 15.7. The second-order valence-corrected chi connectivity index (χ2v) is 7.13. The number of furan rings is 1. The van der Waals surface area contributed by atoms with Crippen LogP contribution in [0.3, 0.4) is 0 Å². The van der Waals surface area contributed by atoms with Gasteiger partial charge in [-0.25, -0.2) is 9.40 Å². The Balaban J connectivity index is 1.56. The van der Waals surface area contributed by atoms with Gasteiger partial charge in [-0.15, -0.1) is 11.3 Å². The first-order valence-electron chi connectivity index (χ1n) is 8.56. The Morgan fingerprint density at radius 2 is 2.24 bits per heavy atom. The van der Waals surface area contributed by atoms with Crippen molar-refractivity contribution < 1.29 is 23.3 Å². The number of benzene rings is 1. The molecular weight excluding hydrogens is 401 g/mol. The summed E-state index contributed by atoms with van der Waals surface area (Å²) in [5, 5.41) is 18.7. The predicted octanol–water partition coefficient (Wildman–Crippen LogP) is 4.15. The Hall–Kier alpha value is -3.53. The monoisotopic (exact) mass is 415 g/mol. The summed E-state index contributed by atoms with van der Waals surface area (Å²) in [6.07, 6.45) is 1.98. The molecule has 2 aromatic heterocycles. The van der Waals surface area contributed by atoms with Gasteiger partial charge < -0.3 is 9.15 Å². The van der Waals surface area contributed by atoms with Crippen LogP contribution in [-0.4, -0.2) is 28.2 Å². The molecule has 0 N–H and O–H groups in total. The van der Waals surface area contributed by atoms with Crippen LogP contribution >= 0.6 is 11.3 Å². The lowest BCUT2D eigenvalue weighted by atomic mass is 10.1. The van der Waals surface area contributed by atoms with Crippen LogP contribution in [0.1, 0.15) is 23.1 Å². The smallest absolute Gasteiger partial charge is 0.311 e. The molecule has 4 rings (SSSR count). The first-order chi connectivity index (χ1) is 14.0. The van der Waals surface area contributed by atoms with Crippen molar-refractivity contribution in [1.82, 2.24) is 5.01 Å². The standard InChI is InChI=1S/C19H14FN3O5S/c20-12-5-6-14(23(25)26)17(9-12)28-11-19(24)22-15(18-4-2-8-29-18)10-13(21-22)16-3-1-7-27-16/h1-9,15H,10-11H2. The lowest BCUT2D eigenvalue weighted by molar-refractivity contribution is -0.385. The van der Waals surface area contributed by atoms with Crippen LogP contribution in [0.2, 0.25) is 0 Å². The second-order valence-electron chi connectivity index (χ2n) is 6.16. The Morgan fingerprint density at radius 1 is 1.38 bits per heavy atom. The van der Waals surface area contributed by atoms with Crippen LogP contribution in [0.5, 0.6) is 5.75 Å². The summed E-state index contributed by atoms with van der Waals surface area (Å²) in [7, 11) is 0. The van der Waals surface area contributed by atoms with E-state index in [0.717, 1.165) is 23.1 Å². The summed E-state index contributed by atoms with van der Waals surface area (Å²) in [6.45, 7) is -0.527. The van der Waals surface area contributed by atoms with Crippen molar-refractivity contribution >= 4 is 28.6 Å². The topological polar surface area (TPSA) is 98.2 Å². The fourth-order valence-corrected chi connectivity index (χ4v) is 3.81. The van der Waals surface area contributed by atoms with Gasteiger partial charge in [0.2, 0.25) is 5.75 Å². The number of hydrazone groups is 1. The number of hydrogen-bond acceptors (Lipinski definition) is 7. The van der Waals surface area contributed by atoms with Crippen LogP contribution < -0.4 is 4.74 Å². The van der Waals surface area contributed by atoms with Crippen molar-refractivity contribution in [3.63, 3.8) is 0 Å². The molecule has 3 heterocycles. The summed E-state index contributed by atoms with van der Waals surface area (Å²) in [5.41, 5.74) is 0.189. The van der Waals surface area contributed by atoms with E-state index < -0.39 is 28.9 Å². The van der Waals surface area contributed by atoms with Crippen molar-refractivity contribution in [3.8, 4) is 5.75 Å². The molecule has 10 heteroatoms. The zero-order chi connectivity index (χ0) is 20.4. The fourth-order valence-electron chi connectivity index (χ4n) is 2.99. The van der Waals surface area contributed by atoms with E-state index in [1.165, 1.54) is 22.6 Å². The summed E-state index contributed by atoms with van der Waals surface area (Å²) in [4.78, 5) is 24.1. The summed E-state index contributed by atoms with van der Waals surface area (Å²) >= 11 is 1.49. The maximum atomic E-state index is 13.5. The van der Waals surface area contributed by atoms with E-state index in [9.17, 15) is 19.3 Å². The lowest BCUT2D eigenvalue weighted by Gasteiger charge is -2.20. The highest BCUT2D eigenvalue weighted by Gasteiger charge is 2.35. The van der Waals surface area contributed by atoms with E-state index in [1.807, 2.05) is 17.5 Å². The van der Waals surface area contributed by atoms with Crippen LogP contribution in [0.15, 0.2) is 63.6 Å². The summed E-state index contributed by atoms with van der Waals surface area (Å²) < 4.78 is 24.1. The molecule has 1 aliphatic rings. The van der Waals surface area contributed by atoms with Gasteiger partial charge in [0.1, 0.15) is 17.3 Å². The number of carbonyl (C=O) groups excluding carboxylic acids is 1. The second kappa shape index (κ2) is 7.84. The van der Waals surface area contributed by atoms with Gasteiger partial charge in [0.25, 0.3) is 5.91 Å². The SMILES string of the molecule is O=C(COc1cc(F)ccc1[N+](=O)[O-])N1N=C(c2ccco2)CC1c1cccs1. The maximum Gasteiger partial charge on any atom is 0.311 e. The van der Waals surface area contributed by atoms with E-state index in [2.05, 4.69) is 5.10 Å². The van der Waals surface area contributed by atoms with Gasteiger partial charge in [-0.1, -0.05) is 6.07 Å². The Labute approximate surface area is 168 Å². The molecule has 0 bridgehead atoms. The van der Waals surface area contributed by atoms with Crippen molar-refractivity contribution in [2.45, 2.75) is 12.5 Å². The molecule has 148 valence electrons. The fraction of sp³-hybridized carbons (Fsp3) is 0.158. The highest BCUT2D eigenvalue weighted by Crippen LogP contribution is 2.35. The Kier molecular flexibility index (Phi) is 5.09. The van der Waals surface area contributed by atoms with Crippen LogP contribution in [0.25, 0.3) is 0 Å². The van der Waals surface area contributed by atoms with Crippen LogP contribution in [-0.2, 0) is 4.79 Å². The van der Waals surface area contributed by atoms with E-state index in [1.54, 1.807) is 12.1 Å². The molecule has 1 aliphatic heterocycles. The zero-order valence-electron chi connectivity index (χ0n) is 14.9. The highest BCUT2D eigenvalue weighted by atomic mass is 32.1. The number of nitro groups is 1. The lowest BCUT2D eigenvalue weighted by Crippen LogP contribution is -2.31. The number of nitro benzene ring substituents is 1. The van der Waals surface area contributed by atoms with Gasteiger partial charge in [-0.2, -0.15) is 5.10 Å². The van der Waals surface area contributed by atoms with Crippen LogP contribution in [0, 0.1) is 15.9 Å². The largest absolute Gasteiger partial charge is 0.477 e. The molecule has 1 unspecified atom stereocenters. The van der Waals surface area contributed by atoms with E-state index in [-0.39, 0.29) is 11.8 Å². The van der Waals surface area contributed by atoms with E-state index in [4.69, 9.17) is 9.15 Å². The first kappa shape index (κ1) is 18.8. The van der Waals surface area contributed by atoms with Gasteiger partial charge in [0, 0.05) is 23.4 Å². The number of amides is 1. The van der Waals surface area contributed by atoms with Crippen molar-refractivity contribution in [3.05, 3.63) is 80.7 Å². The van der Waals surface area contributed by atoms with Gasteiger partial charge in [-0.3, -0.25) is 14.9 Å². The molecule has 8 nitrogen and oxygen atoms in total. The molecule has 0 saturated carbocycles. The number of halogens is 1. The molecule has 1 aromatic carbocycles. The quantitative estimate of drug-likeness (QED) is 0.445. The third kappa shape index (κ3) is 3.87. The molecule has 0 fully saturated rings. The summed E-state index contributed by atoms with van der Waals surface area (Å²) in [5.74, 6) is -0.966. The Bertz CT molecular complexity index is 1070. The molecule has 1 atom stereocenters. The molecule has 0 spiro atoms. The first-order valence-corrected chi connectivity index (χ1v) is 9.44. The minimum atomic E-state index is -0.700. The molecule has 0 saturated heterocycles. The minimum absolute atomic E-state index is 0.314. The Morgan fingerprint density at radius 3 is 2.93 bits per heavy atom. The molecule has 29 heavy (non-hydrogen) atoms. The van der Waals surface area contributed by atoms with Crippen LogP contribution in [0.4, 0.5) is 10.1 Å². The molecule has 0 aliphatic carbocycles. The van der Waals surface area contributed by atoms with Crippen molar-refractivity contribution in [2.24, 2.45) is 5.10 Å². The number of ether oxygens (including phenoxy) is 1. The molecule has 3 aromatic rings.